The average Bonchev–Trinajstić information content (AvgIpc) is 2.04. The fourth-order valence-electron chi connectivity index (χ4n) is 0.549. The van der Waals surface area contributed by atoms with Gasteiger partial charge in [0.2, 0.25) is 0 Å². The van der Waals surface area contributed by atoms with Gasteiger partial charge in [-0.05, 0) is 0 Å². The molecule has 0 unspecified atom stereocenters. The summed E-state index contributed by atoms with van der Waals surface area (Å²) in [7, 11) is 0. The van der Waals surface area contributed by atoms with Gasteiger partial charge >= 0.3 is 49.7 Å². The molecule has 1 heterocycles. The third-order valence-corrected chi connectivity index (χ3v) is 1.09. The number of carboxylic acid groups (broad SMARTS) is 2. The first-order chi connectivity index (χ1) is 5.61. The number of nitrogens with zero attached hydrogens (tertiary/aromatic N) is 2. The van der Waals surface area contributed by atoms with Crippen LogP contribution in [0, 0.1) is 0 Å². The molecule has 1 aromatic heterocycles. The van der Waals surface area contributed by atoms with Crippen LogP contribution in [0.15, 0.2) is 12.4 Å². The minimum atomic E-state index is -1.24. The number of hydrogen-bond donors (Lipinski definition) is 2. The summed E-state index contributed by atoms with van der Waals surface area (Å²) in [4.78, 5) is 27.2. The second-order valence-corrected chi connectivity index (χ2v) is 1.90. The number of aromatic carboxylic acids is 2. The van der Waals surface area contributed by atoms with Crippen molar-refractivity contribution in [1.82, 2.24) is 9.97 Å². The van der Waals surface area contributed by atoms with Gasteiger partial charge in [0.05, 0.1) is 12.4 Å². The summed E-state index contributed by atoms with van der Waals surface area (Å²) < 4.78 is 0. The van der Waals surface area contributed by atoms with Gasteiger partial charge < -0.3 is 21.2 Å². The molecule has 0 aromatic carbocycles. The minimum absolute atomic E-state index is 0. The zero-order valence-corrected chi connectivity index (χ0v) is 9.50. The van der Waals surface area contributed by atoms with Gasteiger partial charge in [0.15, 0.2) is 11.4 Å². The zero-order valence-electron chi connectivity index (χ0n) is 7.17. The number of halogens is 1. The van der Waals surface area contributed by atoms with E-state index < -0.39 is 11.9 Å². The molecule has 0 fully saturated rings. The molecule has 0 amide bonds. The predicted molar refractivity (Wildman–Crippen MR) is 67.1 cm³/mol. The van der Waals surface area contributed by atoms with Gasteiger partial charge in [0, 0.05) is 0 Å². The first-order valence-corrected chi connectivity index (χ1v) is 2.90. The quantitative estimate of drug-likeness (QED) is 0.446. The predicted octanol–water partition coefficient (Wildman–Crippen LogP) is -2.07. The maximum absolute atomic E-state index is 10.2. The molecule has 0 aliphatic heterocycles. The molecule has 16 heavy (non-hydrogen) atoms. The Morgan fingerprint density at radius 1 is 0.938 bits per heavy atom. The molecule has 0 saturated heterocycles. The van der Waals surface area contributed by atoms with Gasteiger partial charge in [-0.1, -0.05) is 0 Å². The Labute approximate surface area is 137 Å². The van der Waals surface area contributed by atoms with E-state index in [1.165, 1.54) is 0 Å². The fraction of sp³-hybridized carbons (Fsp3) is 0. The van der Waals surface area contributed by atoms with Crippen molar-refractivity contribution in [2.45, 2.75) is 0 Å². The normalized spacial score (nSPS) is 7.00. The first-order valence-electron chi connectivity index (χ1n) is 2.90. The molecule has 0 spiro atoms. The van der Waals surface area contributed by atoms with E-state index in [1.807, 2.05) is 0 Å². The molecule has 0 aliphatic rings. The molecule has 0 saturated carbocycles. The Balaban J connectivity index is -0.000000180. The Morgan fingerprint density at radius 3 is 1.31 bits per heavy atom. The van der Waals surface area contributed by atoms with Gasteiger partial charge in [-0.3, -0.25) is 0 Å². The molecule has 90 valence electrons. The summed E-state index contributed by atoms with van der Waals surface area (Å²) in [6, 6.07) is 0. The molecule has 0 atom stereocenters. The molecule has 0 radical (unpaired) electrons. The van der Waals surface area contributed by atoms with Crippen molar-refractivity contribution in [2.75, 3.05) is 0 Å². The molecular weight excluding hydrogens is 363 g/mol. The SMILES string of the molecule is I.O.O.O=C(O)c1cnc(C(=O)O)cn1.[CaH2]. The second kappa shape index (κ2) is 11.4. The Hall–Kier alpha value is -0.0703. The van der Waals surface area contributed by atoms with E-state index in [1.54, 1.807) is 0 Å². The van der Waals surface area contributed by atoms with E-state index in [9.17, 15) is 9.59 Å². The van der Waals surface area contributed by atoms with Gasteiger partial charge in [-0.15, -0.1) is 24.0 Å². The van der Waals surface area contributed by atoms with Crippen molar-refractivity contribution < 1.29 is 30.8 Å². The second-order valence-electron chi connectivity index (χ2n) is 1.90. The molecular formula is C6H11CaIN2O6. The number of carbonyl (C=O) groups is 2. The van der Waals surface area contributed by atoms with E-state index in [2.05, 4.69) is 9.97 Å². The van der Waals surface area contributed by atoms with Crippen molar-refractivity contribution in [2.24, 2.45) is 0 Å². The van der Waals surface area contributed by atoms with Gasteiger partial charge in [0.1, 0.15) is 0 Å². The third kappa shape index (κ3) is 7.24. The molecule has 0 aliphatic carbocycles. The van der Waals surface area contributed by atoms with Gasteiger partial charge in [-0.25, -0.2) is 19.6 Å². The van der Waals surface area contributed by atoms with Crippen LogP contribution in [0.4, 0.5) is 0 Å². The molecule has 8 nitrogen and oxygen atoms in total. The summed E-state index contributed by atoms with van der Waals surface area (Å²) in [5.74, 6) is -2.47. The van der Waals surface area contributed by atoms with Crippen LogP contribution in [0.25, 0.3) is 0 Å². The van der Waals surface area contributed by atoms with Crippen molar-refractivity contribution in [1.29, 1.82) is 0 Å². The zero-order chi connectivity index (χ0) is 9.14. The Bertz CT molecular complexity index is 299. The summed E-state index contributed by atoms with van der Waals surface area (Å²) in [5.41, 5.74) is -0.556. The molecule has 10 heteroatoms. The number of hydrogen-bond acceptors (Lipinski definition) is 4. The summed E-state index contributed by atoms with van der Waals surface area (Å²) in [6.45, 7) is 0. The maximum atomic E-state index is 10.2. The Morgan fingerprint density at radius 2 is 1.19 bits per heavy atom. The van der Waals surface area contributed by atoms with Crippen LogP contribution in [0.5, 0.6) is 0 Å². The average molecular weight is 374 g/mol. The molecule has 1 rings (SSSR count). The van der Waals surface area contributed by atoms with Crippen LogP contribution >= 0.6 is 24.0 Å². The first kappa shape index (κ1) is 24.9. The van der Waals surface area contributed by atoms with Crippen LogP contribution in [0.1, 0.15) is 21.0 Å². The van der Waals surface area contributed by atoms with E-state index in [-0.39, 0.29) is 84.1 Å². The van der Waals surface area contributed by atoms with Crippen LogP contribution in [0.3, 0.4) is 0 Å². The van der Waals surface area contributed by atoms with Crippen molar-refractivity contribution in [3.8, 4) is 0 Å². The fourth-order valence-corrected chi connectivity index (χ4v) is 0.549. The van der Waals surface area contributed by atoms with E-state index in [0.29, 0.717) is 0 Å². The van der Waals surface area contributed by atoms with Crippen molar-refractivity contribution in [3.63, 3.8) is 0 Å². The molecule has 0 bridgehead atoms. The summed E-state index contributed by atoms with van der Waals surface area (Å²) in [6.07, 6.45) is 1.79. The van der Waals surface area contributed by atoms with E-state index in [0.717, 1.165) is 12.4 Å². The van der Waals surface area contributed by atoms with Gasteiger partial charge in [0.25, 0.3) is 0 Å². The third-order valence-electron chi connectivity index (χ3n) is 1.09. The Kier molecular flexibility index (Phi) is 17.8. The topological polar surface area (TPSA) is 163 Å². The van der Waals surface area contributed by atoms with Crippen LogP contribution in [-0.2, 0) is 0 Å². The number of rotatable bonds is 2. The van der Waals surface area contributed by atoms with Crippen LogP contribution in [-0.4, -0.2) is 80.8 Å². The summed E-state index contributed by atoms with van der Waals surface area (Å²) in [5, 5.41) is 16.7. The molecule has 6 N–H and O–H groups in total. The molecule has 1 aromatic rings. The van der Waals surface area contributed by atoms with Crippen LogP contribution in [0.2, 0.25) is 0 Å². The number of carboxylic acids is 2. The number of aromatic nitrogens is 2. The van der Waals surface area contributed by atoms with E-state index >= 15 is 0 Å². The van der Waals surface area contributed by atoms with Gasteiger partial charge in [-0.2, -0.15) is 0 Å². The van der Waals surface area contributed by atoms with Crippen molar-refractivity contribution >= 4 is 73.7 Å². The standard InChI is InChI=1S/C6H4N2O4.Ca.HI.2H2O.2H/c9-5(10)3-1-7-4(2-8-3)6(11)12;;;;;;/h1-2H,(H,9,10)(H,11,12);;1H;2*1H2;;. The van der Waals surface area contributed by atoms with Crippen LogP contribution < -0.4 is 0 Å². The monoisotopic (exact) mass is 374 g/mol. The van der Waals surface area contributed by atoms with E-state index in [4.69, 9.17) is 10.2 Å². The van der Waals surface area contributed by atoms with Crippen molar-refractivity contribution in [3.05, 3.63) is 23.8 Å². The summed E-state index contributed by atoms with van der Waals surface area (Å²) >= 11 is 0.